The van der Waals surface area contributed by atoms with Crippen LogP contribution >= 0.6 is 0 Å². The highest BCUT2D eigenvalue weighted by molar-refractivity contribution is 5.96. The van der Waals surface area contributed by atoms with Gasteiger partial charge in [-0.15, -0.1) is 0 Å². The van der Waals surface area contributed by atoms with Crippen molar-refractivity contribution in [3.63, 3.8) is 0 Å². The number of para-hydroxylation sites is 1. The van der Waals surface area contributed by atoms with Gasteiger partial charge >= 0.3 is 5.97 Å². The molecule has 1 heterocycles. The van der Waals surface area contributed by atoms with Gasteiger partial charge in [0.25, 0.3) is 5.91 Å². The molecular weight excluding hydrogens is 280 g/mol. The van der Waals surface area contributed by atoms with Gasteiger partial charge in [0.1, 0.15) is 5.69 Å². The molecule has 0 aliphatic carbocycles. The number of carboxylic acids is 1. The first kappa shape index (κ1) is 15.9. The number of carbonyl (C=O) groups excluding carboxylic acids is 1. The van der Waals surface area contributed by atoms with Crippen molar-refractivity contribution in [1.29, 1.82) is 0 Å². The fourth-order valence-electron chi connectivity index (χ4n) is 2.32. The Morgan fingerprint density at radius 1 is 1.27 bits per heavy atom. The number of aryl methyl sites for hydroxylation is 1. The first-order chi connectivity index (χ1) is 10.3. The number of carboxylic acid groups (broad SMARTS) is 1. The third-order valence-electron chi connectivity index (χ3n) is 3.57. The minimum Gasteiger partial charge on any atom is -0.481 e. The zero-order valence-corrected chi connectivity index (χ0v) is 13.0. The molecule has 0 saturated carbocycles. The molecule has 22 heavy (non-hydrogen) atoms. The van der Waals surface area contributed by atoms with E-state index in [1.165, 1.54) is 0 Å². The Hall–Kier alpha value is -2.43. The van der Waals surface area contributed by atoms with Crippen LogP contribution in [0, 0.1) is 6.92 Å². The van der Waals surface area contributed by atoms with Crippen LogP contribution in [0.15, 0.2) is 30.3 Å². The Bertz CT molecular complexity index is 723. The second-order valence-corrected chi connectivity index (χ2v) is 6.07. The lowest BCUT2D eigenvalue weighted by Gasteiger charge is -2.25. The fraction of sp³-hybridized carbons (Fsp3) is 0.353. The molecular formula is C17H20N2O3. The Morgan fingerprint density at radius 3 is 2.64 bits per heavy atom. The monoisotopic (exact) mass is 300 g/mol. The molecule has 2 N–H and O–H groups in total. The van der Waals surface area contributed by atoms with Crippen LogP contribution in [0.2, 0.25) is 0 Å². The van der Waals surface area contributed by atoms with Crippen molar-refractivity contribution in [2.45, 2.75) is 39.2 Å². The van der Waals surface area contributed by atoms with Gasteiger partial charge in [-0.1, -0.05) is 18.2 Å². The van der Waals surface area contributed by atoms with E-state index in [9.17, 15) is 9.59 Å². The molecule has 2 rings (SSSR count). The van der Waals surface area contributed by atoms with Crippen LogP contribution < -0.4 is 5.32 Å². The Kier molecular flexibility index (Phi) is 4.45. The zero-order valence-electron chi connectivity index (χ0n) is 13.0. The first-order valence-corrected chi connectivity index (χ1v) is 7.19. The number of aliphatic carboxylic acids is 1. The normalized spacial score (nSPS) is 11.4. The van der Waals surface area contributed by atoms with E-state index in [1.54, 1.807) is 6.07 Å². The average molecular weight is 300 g/mol. The number of benzene rings is 1. The molecule has 0 aliphatic rings. The number of amides is 1. The highest BCUT2D eigenvalue weighted by atomic mass is 16.4. The minimum atomic E-state index is -0.873. The van der Waals surface area contributed by atoms with E-state index in [2.05, 4.69) is 10.3 Å². The SMILES string of the molecule is Cc1cc(C(=O)NC(C)(C)CCC(=O)O)nc2ccccc12. The summed E-state index contributed by atoms with van der Waals surface area (Å²) in [5, 5.41) is 12.6. The number of aromatic nitrogens is 1. The summed E-state index contributed by atoms with van der Waals surface area (Å²) in [7, 11) is 0. The van der Waals surface area contributed by atoms with Crippen LogP contribution in [0.4, 0.5) is 0 Å². The molecule has 0 aliphatic heterocycles. The van der Waals surface area contributed by atoms with Gasteiger partial charge in [-0.2, -0.15) is 0 Å². The minimum absolute atomic E-state index is 0.0114. The number of pyridine rings is 1. The summed E-state index contributed by atoms with van der Waals surface area (Å²) in [5.41, 5.74) is 1.51. The molecule has 0 fully saturated rings. The smallest absolute Gasteiger partial charge is 0.303 e. The summed E-state index contributed by atoms with van der Waals surface area (Å²) in [6, 6.07) is 9.41. The predicted molar refractivity (Wildman–Crippen MR) is 84.9 cm³/mol. The van der Waals surface area contributed by atoms with Crippen molar-refractivity contribution >= 4 is 22.8 Å². The van der Waals surface area contributed by atoms with Gasteiger partial charge in [-0.25, -0.2) is 4.98 Å². The molecule has 0 bridgehead atoms. The molecule has 1 aromatic heterocycles. The molecule has 1 amide bonds. The quantitative estimate of drug-likeness (QED) is 0.890. The van der Waals surface area contributed by atoms with Gasteiger partial charge in [0.15, 0.2) is 0 Å². The maximum absolute atomic E-state index is 12.4. The van der Waals surface area contributed by atoms with Crippen LogP contribution in [-0.4, -0.2) is 27.5 Å². The average Bonchev–Trinajstić information content (AvgIpc) is 2.45. The molecule has 2 aromatic rings. The fourth-order valence-corrected chi connectivity index (χ4v) is 2.32. The number of rotatable bonds is 5. The Labute approximate surface area is 129 Å². The van der Waals surface area contributed by atoms with Crippen LogP contribution in [0.5, 0.6) is 0 Å². The topological polar surface area (TPSA) is 79.3 Å². The second-order valence-electron chi connectivity index (χ2n) is 6.07. The van der Waals surface area contributed by atoms with E-state index in [1.807, 2.05) is 45.0 Å². The van der Waals surface area contributed by atoms with Gasteiger partial charge in [0, 0.05) is 17.3 Å². The zero-order chi connectivity index (χ0) is 16.3. The van der Waals surface area contributed by atoms with Crippen molar-refractivity contribution in [2.75, 3.05) is 0 Å². The molecule has 0 unspecified atom stereocenters. The summed E-state index contributed by atoms with van der Waals surface area (Å²) in [5.74, 6) is -1.16. The molecule has 0 atom stereocenters. The molecule has 5 nitrogen and oxygen atoms in total. The Balaban J connectivity index is 2.21. The number of nitrogens with zero attached hydrogens (tertiary/aromatic N) is 1. The van der Waals surface area contributed by atoms with Crippen molar-refractivity contribution in [3.8, 4) is 0 Å². The number of fused-ring (bicyclic) bond motifs is 1. The second kappa shape index (κ2) is 6.13. The maximum Gasteiger partial charge on any atom is 0.303 e. The highest BCUT2D eigenvalue weighted by Gasteiger charge is 2.23. The predicted octanol–water partition coefficient (Wildman–Crippen LogP) is 2.92. The van der Waals surface area contributed by atoms with Crippen molar-refractivity contribution in [1.82, 2.24) is 10.3 Å². The molecule has 1 aromatic carbocycles. The molecule has 116 valence electrons. The number of hydrogen-bond acceptors (Lipinski definition) is 3. The third-order valence-corrected chi connectivity index (χ3v) is 3.57. The van der Waals surface area contributed by atoms with E-state index in [4.69, 9.17) is 5.11 Å². The standard InChI is InChI=1S/C17H20N2O3/c1-11-10-14(18-13-7-5-4-6-12(11)13)16(22)19-17(2,3)9-8-15(20)21/h4-7,10H,8-9H2,1-3H3,(H,19,22)(H,20,21). The van der Waals surface area contributed by atoms with Crippen LogP contribution in [-0.2, 0) is 4.79 Å². The van der Waals surface area contributed by atoms with Gasteiger partial charge in [0.05, 0.1) is 5.52 Å². The third kappa shape index (κ3) is 3.81. The van der Waals surface area contributed by atoms with Gasteiger partial charge in [-0.05, 0) is 44.9 Å². The lowest BCUT2D eigenvalue weighted by atomic mass is 9.98. The first-order valence-electron chi connectivity index (χ1n) is 7.19. The molecule has 5 heteroatoms. The van der Waals surface area contributed by atoms with E-state index in [-0.39, 0.29) is 12.3 Å². The van der Waals surface area contributed by atoms with Gasteiger partial charge in [-0.3, -0.25) is 9.59 Å². The summed E-state index contributed by atoms with van der Waals surface area (Å²) >= 11 is 0. The van der Waals surface area contributed by atoms with Gasteiger partial charge in [0.2, 0.25) is 0 Å². The highest BCUT2D eigenvalue weighted by Crippen LogP contribution is 2.18. The van der Waals surface area contributed by atoms with E-state index in [0.717, 1.165) is 16.5 Å². The largest absolute Gasteiger partial charge is 0.481 e. The number of nitrogens with one attached hydrogen (secondary N) is 1. The van der Waals surface area contributed by atoms with Crippen LogP contribution in [0.1, 0.15) is 42.7 Å². The molecule has 0 spiro atoms. The van der Waals surface area contributed by atoms with Gasteiger partial charge < -0.3 is 10.4 Å². The van der Waals surface area contributed by atoms with Crippen LogP contribution in [0.3, 0.4) is 0 Å². The van der Waals surface area contributed by atoms with Crippen molar-refractivity contribution in [3.05, 3.63) is 41.6 Å². The molecule has 0 saturated heterocycles. The lowest BCUT2D eigenvalue weighted by molar-refractivity contribution is -0.137. The van der Waals surface area contributed by atoms with E-state index in [0.29, 0.717) is 12.1 Å². The summed E-state index contributed by atoms with van der Waals surface area (Å²) in [6.45, 7) is 5.56. The molecule has 0 radical (unpaired) electrons. The lowest BCUT2D eigenvalue weighted by Crippen LogP contribution is -2.44. The van der Waals surface area contributed by atoms with E-state index >= 15 is 0 Å². The van der Waals surface area contributed by atoms with Crippen molar-refractivity contribution < 1.29 is 14.7 Å². The van der Waals surface area contributed by atoms with Crippen LogP contribution in [0.25, 0.3) is 10.9 Å². The Morgan fingerprint density at radius 2 is 1.95 bits per heavy atom. The van der Waals surface area contributed by atoms with E-state index < -0.39 is 11.5 Å². The van der Waals surface area contributed by atoms with Crippen molar-refractivity contribution in [2.24, 2.45) is 0 Å². The summed E-state index contributed by atoms with van der Waals surface area (Å²) in [4.78, 5) is 27.4. The maximum atomic E-state index is 12.4. The number of carbonyl (C=O) groups is 2. The summed E-state index contributed by atoms with van der Waals surface area (Å²) < 4.78 is 0. The number of hydrogen-bond donors (Lipinski definition) is 2. The summed E-state index contributed by atoms with van der Waals surface area (Å²) in [6.07, 6.45) is 0.373.